The van der Waals surface area contributed by atoms with E-state index in [-0.39, 0.29) is 5.54 Å². The van der Waals surface area contributed by atoms with E-state index in [9.17, 15) is 18.7 Å². The molecule has 3 N–H and O–H groups in total. The van der Waals surface area contributed by atoms with Crippen LogP contribution in [0.25, 0.3) is 0 Å². The van der Waals surface area contributed by atoms with Gasteiger partial charge in [-0.2, -0.15) is 0 Å². The van der Waals surface area contributed by atoms with Crippen molar-refractivity contribution >= 4 is 26.9 Å². The molecule has 1 aromatic carbocycles. The summed E-state index contributed by atoms with van der Waals surface area (Å²) in [4.78, 5) is 23.1. The van der Waals surface area contributed by atoms with Crippen LogP contribution >= 0.6 is 15.0 Å². The second kappa shape index (κ2) is 14.9. The fraction of sp³-hybridized carbons (Fsp3) is 0.667. The van der Waals surface area contributed by atoms with Crippen molar-refractivity contribution < 1.29 is 32.7 Å². The average molecular weight is 552 g/mol. The molecule has 10 nitrogen and oxygen atoms in total. The van der Waals surface area contributed by atoms with Crippen LogP contribution in [-0.4, -0.2) is 56.1 Å². The molecule has 0 amide bonds. The lowest BCUT2D eigenvalue weighted by molar-refractivity contribution is -0.146. The molecule has 0 aliphatic carbocycles. The van der Waals surface area contributed by atoms with Crippen molar-refractivity contribution in [2.45, 2.75) is 78.9 Å². The first-order valence-electron chi connectivity index (χ1n) is 11.6. The van der Waals surface area contributed by atoms with E-state index in [0.717, 1.165) is 0 Å². The third-order valence-corrected chi connectivity index (χ3v) is 7.55. The highest BCUT2D eigenvalue weighted by Crippen LogP contribution is 2.41. The van der Waals surface area contributed by atoms with E-state index in [1.54, 1.807) is 46.5 Å². The number of para-hydroxylation sites is 1. The van der Waals surface area contributed by atoms with Crippen molar-refractivity contribution in [3.63, 3.8) is 0 Å². The largest absolute Gasteiger partial charge is 0.468 e. The zero-order valence-electron chi connectivity index (χ0n) is 24.1. The van der Waals surface area contributed by atoms with Crippen LogP contribution in [0.4, 0.5) is 0 Å². The number of carbonyl (C=O) groups excluding carboxylic acids is 2. The molecule has 0 bridgehead atoms. The number of methoxy groups -OCH3 is 2. The molecule has 1 unspecified atom stereocenters. The minimum Gasteiger partial charge on any atom is -0.468 e. The van der Waals surface area contributed by atoms with Crippen molar-refractivity contribution in [1.29, 1.82) is 0 Å². The Bertz CT molecular complexity index is 880. The molecule has 0 aliphatic heterocycles. The Morgan fingerprint density at radius 2 is 1.08 bits per heavy atom. The average Bonchev–Trinajstić information content (AvgIpc) is 2.71. The summed E-state index contributed by atoms with van der Waals surface area (Å²) < 4.78 is 39.2. The van der Waals surface area contributed by atoms with E-state index in [0.29, 0.717) is 5.75 Å². The molecule has 0 fully saturated rings. The molecule has 12 heteroatoms. The van der Waals surface area contributed by atoms with Gasteiger partial charge in [0, 0.05) is 18.9 Å². The number of ether oxygens (including phenoxy) is 2. The van der Waals surface area contributed by atoms with E-state index < -0.39 is 38.0 Å². The van der Waals surface area contributed by atoms with Gasteiger partial charge in [0.2, 0.25) is 7.44 Å². The minimum absolute atomic E-state index is 0.223. The standard InChI is InChI=1S/C11H23N2O5P.C11H18NO2P.C2H6/c1-10(2,8(14)17-5)12-19(7,16)13-11(3,4)9(15)18-6;1-11(2,3)12-15(4,13)14-10-8-6-5-7-9-10;1-2/h1-7H3,(H2,12,13,16);5-9H,1-4H3,(H,12,13);1-2H3. The monoisotopic (exact) mass is 551 g/mol. The van der Waals surface area contributed by atoms with Crippen LogP contribution in [0.5, 0.6) is 5.75 Å². The molecule has 36 heavy (non-hydrogen) atoms. The molecule has 0 saturated carbocycles. The summed E-state index contributed by atoms with van der Waals surface area (Å²) in [6, 6.07) is 9.18. The van der Waals surface area contributed by atoms with Crippen LogP contribution in [0.1, 0.15) is 62.3 Å². The topological polar surface area (TPSA) is 132 Å². The number of hydrogen-bond acceptors (Lipinski definition) is 7. The molecule has 1 rings (SSSR count). The highest BCUT2D eigenvalue weighted by Gasteiger charge is 2.39. The summed E-state index contributed by atoms with van der Waals surface area (Å²) in [5.41, 5.74) is -2.50. The smallest absolute Gasteiger partial charge is 0.325 e. The molecular weight excluding hydrogens is 504 g/mol. The van der Waals surface area contributed by atoms with Gasteiger partial charge in [0.05, 0.1) is 14.2 Å². The normalized spacial score (nSPS) is 13.6. The van der Waals surface area contributed by atoms with Crippen LogP contribution in [-0.2, 0) is 28.2 Å². The van der Waals surface area contributed by atoms with E-state index in [1.807, 2.05) is 52.8 Å². The van der Waals surface area contributed by atoms with Gasteiger partial charge in [-0.1, -0.05) is 32.0 Å². The predicted octanol–water partition coefficient (Wildman–Crippen LogP) is 5.19. The number of rotatable bonds is 9. The fourth-order valence-corrected chi connectivity index (χ4v) is 7.17. The van der Waals surface area contributed by atoms with E-state index >= 15 is 0 Å². The van der Waals surface area contributed by atoms with Crippen molar-refractivity contribution in [3.05, 3.63) is 30.3 Å². The fourth-order valence-electron chi connectivity index (χ4n) is 3.01. The number of benzene rings is 1. The number of nitrogens with one attached hydrogen (secondary N) is 3. The maximum atomic E-state index is 12.4. The molecule has 0 radical (unpaired) electrons. The first-order chi connectivity index (χ1) is 16.2. The van der Waals surface area contributed by atoms with Gasteiger partial charge in [0.25, 0.3) is 0 Å². The molecule has 0 spiro atoms. The van der Waals surface area contributed by atoms with E-state index in [1.165, 1.54) is 20.9 Å². The summed E-state index contributed by atoms with van der Waals surface area (Å²) in [5, 5.41) is 8.34. The second-order valence-corrected chi connectivity index (χ2v) is 14.4. The van der Waals surface area contributed by atoms with Crippen molar-refractivity contribution in [1.82, 2.24) is 15.3 Å². The van der Waals surface area contributed by atoms with Gasteiger partial charge in [-0.3, -0.25) is 18.7 Å². The maximum absolute atomic E-state index is 12.4. The first kappa shape index (κ1) is 36.5. The Labute approximate surface area is 217 Å². The van der Waals surface area contributed by atoms with Gasteiger partial charge in [0.15, 0.2) is 0 Å². The van der Waals surface area contributed by atoms with Crippen LogP contribution in [0, 0.1) is 0 Å². The number of esters is 2. The summed E-state index contributed by atoms with van der Waals surface area (Å²) in [6.07, 6.45) is 0. The Balaban J connectivity index is 0. The minimum atomic E-state index is -3.17. The molecule has 0 heterocycles. The summed E-state index contributed by atoms with van der Waals surface area (Å²) >= 11 is 0. The van der Waals surface area contributed by atoms with E-state index in [4.69, 9.17) is 4.52 Å². The summed E-state index contributed by atoms with van der Waals surface area (Å²) in [6.45, 7) is 19.0. The van der Waals surface area contributed by atoms with Gasteiger partial charge < -0.3 is 14.0 Å². The Morgan fingerprint density at radius 3 is 1.39 bits per heavy atom. The molecule has 1 atom stereocenters. The third kappa shape index (κ3) is 15.4. The second-order valence-electron chi connectivity index (χ2n) is 9.99. The molecule has 1 aromatic rings. The van der Waals surface area contributed by atoms with Crippen LogP contribution in [0.2, 0.25) is 0 Å². The van der Waals surface area contributed by atoms with Crippen LogP contribution in [0.15, 0.2) is 30.3 Å². The van der Waals surface area contributed by atoms with Crippen LogP contribution in [0.3, 0.4) is 0 Å². The lowest BCUT2D eigenvalue weighted by atomic mass is 10.1. The zero-order chi connectivity index (χ0) is 29.0. The van der Waals surface area contributed by atoms with Gasteiger partial charge in [0.1, 0.15) is 16.8 Å². The summed E-state index contributed by atoms with van der Waals surface area (Å²) in [7, 11) is -3.46. The highest BCUT2D eigenvalue weighted by molar-refractivity contribution is 7.59. The summed E-state index contributed by atoms with van der Waals surface area (Å²) in [5.74, 6) is -0.473. The molecule has 210 valence electrons. The zero-order valence-corrected chi connectivity index (χ0v) is 25.9. The molecular formula is C24H47N3O7P2. The van der Waals surface area contributed by atoms with Gasteiger partial charge in [-0.05, 0) is 60.6 Å². The predicted molar refractivity (Wildman–Crippen MR) is 147 cm³/mol. The van der Waals surface area contributed by atoms with Crippen molar-refractivity contribution in [3.8, 4) is 5.75 Å². The SMILES string of the molecule is CC.CC(C)(C)NP(C)(=O)Oc1ccccc1.COC(=O)C(C)(C)NP(C)(=O)NC(C)(C)C(=O)OC. The lowest BCUT2D eigenvalue weighted by Crippen LogP contribution is -2.52. The molecule has 0 aromatic heterocycles. The Hall–Kier alpha value is -1.70. The number of carbonyl (C=O) groups is 2. The quantitative estimate of drug-likeness (QED) is 0.278. The van der Waals surface area contributed by atoms with Crippen molar-refractivity contribution in [2.75, 3.05) is 27.5 Å². The van der Waals surface area contributed by atoms with Gasteiger partial charge in [-0.25, -0.2) is 15.3 Å². The van der Waals surface area contributed by atoms with Crippen molar-refractivity contribution in [2.24, 2.45) is 0 Å². The highest BCUT2D eigenvalue weighted by atomic mass is 31.2. The van der Waals surface area contributed by atoms with Gasteiger partial charge >= 0.3 is 19.5 Å². The Kier molecular flexibility index (Phi) is 15.1. The third-order valence-electron chi connectivity index (χ3n) is 3.94. The first-order valence-corrected chi connectivity index (χ1v) is 15.8. The Morgan fingerprint density at radius 1 is 0.722 bits per heavy atom. The van der Waals surface area contributed by atoms with Crippen LogP contribution < -0.4 is 19.8 Å². The molecule has 0 aliphatic rings. The number of hydrogen-bond donors (Lipinski definition) is 3. The lowest BCUT2D eigenvalue weighted by Gasteiger charge is -2.32. The van der Waals surface area contributed by atoms with E-state index in [2.05, 4.69) is 24.7 Å². The van der Waals surface area contributed by atoms with Gasteiger partial charge in [-0.15, -0.1) is 0 Å². The molecule has 0 saturated heterocycles. The maximum Gasteiger partial charge on any atom is 0.325 e.